The lowest BCUT2D eigenvalue weighted by molar-refractivity contribution is -0.143. The Kier molecular flexibility index (Phi) is 11.5. The number of hydrogen-bond acceptors (Lipinski definition) is 2. The van der Waals surface area contributed by atoms with Gasteiger partial charge in [0.1, 0.15) is 0 Å². The fraction of sp³-hybridized carbons (Fsp3) is 0.552. The summed E-state index contributed by atoms with van der Waals surface area (Å²) in [4.78, 5) is 16.7. The first-order chi connectivity index (χ1) is 18.8. The number of alkyl halides is 6. The van der Waals surface area contributed by atoms with Crippen LogP contribution in [0.4, 0.5) is 32.0 Å². The van der Waals surface area contributed by atoms with Gasteiger partial charge in [0.15, 0.2) is 0 Å². The van der Waals surface area contributed by atoms with Crippen molar-refractivity contribution in [3.05, 3.63) is 63.1 Å². The smallest absolute Gasteiger partial charge is 0.367 e. The summed E-state index contributed by atoms with van der Waals surface area (Å²) in [6, 6.07) is 6.08. The quantitative estimate of drug-likeness (QED) is 0.157. The van der Waals surface area contributed by atoms with Crippen LogP contribution in [0.1, 0.15) is 75.0 Å². The number of carbonyl (C=O) groups excluding carboxylic acids is 1. The Labute approximate surface area is 241 Å². The van der Waals surface area contributed by atoms with Crippen molar-refractivity contribution >= 4 is 34.8 Å². The maximum atomic E-state index is 13.5. The molecule has 1 fully saturated rings. The molecule has 0 unspecified atom stereocenters. The standard InChI is InChI=1S/C29H34Cl2F6N2O/c1-2-3-4-5-6-12-39(18-20-7-8-20)27(40)11-13-38(24-9-10-25(30)26(31)17-24)19-21-14-22(28(32,33)34)16-23(15-21)29(35,36)37/h9-10,14-17,20H,2-8,11-13,18-19H2,1H3. The predicted molar refractivity (Wildman–Crippen MR) is 147 cm³/mol. The van der Waals surface area contributed by atoms with Crippen LogP contribution in [0, 0.1) is 5.92 Å². The lowest BCUT2D eigenvalue weighted by atomic mass is 10.0. The van der Waals surface area contributed by atoms with E-state index in [1.807, 2.05) is 4.90 Å². The molecule has 1 amide bonds. The third kappa shape index (κ3) is 10.1. The summed E-state index contributed by atoms with van der Waals surface area (Å²) in [5.74, 6) is 0.393. The van der Waals surface area contributed by atoms with Gasteiger partial charge in [-0.15, -0.1) is 0 Å². The van der Waals surface area contributed by atoms with Crippen LogP contribution in [0.25, 0.3) is 0 Å². The Bertz CT molecular complexity index is 1100. The predicted octanol–water partition coefficient (Wildman–Crippen LogP) is 9.64. The Hall–Kier alpha value is -2.13. The van der Waals surface area contributed by atoms with E-state index in [0.717, 1.165) is 44.9 Å². The molecule has 0 spiro atoms. The Morgan fingerprint density at radius 3 is 2.02 bits per heavy atom. The van der Waals surface area contributed by atoms with Crippen molar-refractivity contribution in [2.45, 2.75) is 77.2 Å². The lowest BCUT2D eigenvalue weighted by Crippen LogP contribution is -2.36. The maximum Gasteiger partial charge on any atom is 0.416 e. The first kappa shape index (κ1) is 32.4. The number of hydrogen-bond donors (Lipinski definition) is 0. The summed E-state index contributed by atoms with van der Waals surface area (Å²) in [6.07, 6.45) is -2.45. The number of nitrogens with zero attached hydrogens (tertiary/aromatic N) is 2. The number of amides is 1. The van der Waals surface area contributed by atoms with Crippen molar-refractivity contribution < 1.29 is 31.1 Å². The van der Waals surface area contributed by atoms with Crippen LogP contribution in [0.5, 0.6) is 0 Å². The summed E-state index contributed by atoms with van der Waals surface area (Å²) >= 11 is 12.2. The molecule has 1 saturated carbocycles. The molecule has 2 aromatic carbocycles. The highest BCUT2D eigenvalue weighted by molar-refractivity contribution is 6.42. The van der Waals surface area contributed by atoms with Crippen LogP contribution in [-0.4, -0.2) is 30.4 Å². The number of benzene rings is 2. The van der Waals surface area contributed by atoms with E-state index in [0.29, 0.717) is 36.8 Å². The second-order valence-corrected chi connectivity index (χ2v) is 11.2. The number of anilines is 1. The average molecular weight is 611 g/mol. The van der Waals surface area contributed by atoms with Gasteiger partial charge < -0.3 is 9.80 Å². The zero-order valence-electron chi connectivity index (χ0n) is 22.4. The molecule has 0 heterocycles. The van der Waals surface area contributed by atoms with Gasteiger partial charge in [-0.3, -0.25) is 4.79 Å². The molecule has 0 aliphatic heterocycles. The largest absolute Gasteiger partial charge is 0.416 e. The van der Waals surface area contributed by atoms with E-state index < -0.39 is 23.5 Å². The molecule has 0 atom stereocenters. The molecule has 0 radical (unpaired) electrons. The molecular formula is C29H34Cl2F6N2O. The summed E-state index contributed by atoms with van der Waals surface area (Å²) < 4.78 is 80.7. The molecule has 222 valence electrons. The SMILES string of the molecule is CCCCCCCN(CC1CC1)C(=O)CCN(Cc1cc(C(F)(F)F)cc(C(F)(F)F)c1)c1ccc(Cl)c(Cl)c1. The Balaban J connectivity index is 1.82. The molecule has 1 aliphatic rings. The summed E-state index contributed by atoms with van der Waals surface area (Å²) in [6.45, 7) is 3.21. The summed E-state index contributed by atoms with van der Waals surface area (Å²) in [5, 5.41) is 0.427. The van der Waals surface area contributed by atoms with Gasteiger partial charge in [-0.05, 0) is 67.1 Å². The van der Waals surface area contributed by atoms with Crippen LogP contribution in [-0.2, 0) is 23.7 Å². The molecule has 0 saturated heterocycles. The van der Waals surface area contributed by atoms with Gasteiger partial charge in [-0.2, -0.15) is 26.3 Å². The van der Waals surface area contributed by atoms with E-state index in [1.54, 1.807) is 11.0 Å². The topological polar surface area (TPSA) is 23.6 Å². The monoisotopic (exact) mass is 610 g/mol. The highest BCUT2D eigenvalue weighted by Gasteiger charge is 2.37. The molecule has 40 heavy (non-hydrogen) atoms. The van der Waals surface area contributed by atoms with E-state index in [4.69, 9.17) is 23.2 Å². The van der Waals surface area contributed by atoms with Crippen molar-refractivity contribution in [2.24, 2.45) is 5.92 Å². The lowest BCUT2D eigenvalue weighted by Gasteiger charge is -2.28. The van der Waals surface area contributed by atoms with E-state index in [1.165, 1.54) is 12.1 Å². The van der Waals surface area contributed by atoms with Crippen LogP contribution < -0.4 is 4.90 Å². The van der Waals surface area contributed by atoms with Gasteiger partial charge >= 0.3 is 12.4 Å². The molecule has 11 heteroatoms. The Morgan fingerprint density at radius 1 is 0.850 bits per heavy atom. The molecule has 0 bridgehead atoms. The third-order valence-electron chi connectivity index (χ3n) is 6.94. The minimum absolute atomic E-state index is 0.0486. The van der Waals surface area contributed by atoms with Gasteiger partial charge in [-0.1, -0.05) is 55.8 Å². The van der Waals surface area contributed by atoms with Gasteiger partial charge in [0.2, 0.25) is 5.91 Å². The fourth-order valence-electron chi connectivity index (χ4n) is 4.54. The molecule has 2 aromatic rings. The average Bonchev–Trinajstić information content (AvgIpc) is 3.70. The van der Waals surface area contributed by atoms with E-state index in [9.17, 15) is 31.1 Å². The summed E-state index contributed by atoms with van der Waals surface area (Å²) in [5.41, 5.74) is -2.53. The first-order valence-corrected chi connectivity index (χ1v) is 14.3. The fourth-order valence-corrected chi connectivity index (χ4v) is 4.83. The highest BCUT2D eigenvalue weighted by atomic mass is 35.5. The van der Waals surface area contributed by atoms with Gasteiger partial charge in [0.25, 0.3) is 0 Å². The molecule has 3 nitrogen and oxygen atoms in total. The van der Waals surface area contributed by atoms with Crippen molar-refractivity contribution in [3.63, 3.8) is 0 Å². The normalized spacial score (nSPS) is 13.9. The Morgan fingerprint density at radius 2 is 1.48 bits per heavy atom. The summed E-state index contributed by atoms with van der Waals surface area (Å²) in [7, 11) is 0. The van der Waals surface area contributed by atoms with Crippen LogP contribution >= 0.6 is 23.2 Å². The second-order valence-electron chi connectivity index (χ2n) is 10.4. The van der Waals surface area contributed by atoms with E-state index >= 15 is 0 Å². The molecular weight excluding hydrogens is 577 g/mol. The first-order valence-electron chi connectivity index (χ1n) is 13.5. The van der Waals surface area contributed by atoms with Crippen LogP contribution in [0.15, 0.2) is 36.4 Å². The van der Waals surface area contributed by atoms with Crippen molar-refractivity contribution in [1.82, 2.24) is 4.90 Å². The van der Waals surface area contributed by atoms with Crippen molar-refractivity contribution in [3.8, 4) is 0 Å². The number of carbonyl (C=O) groups is 1. The van der Waals surface area contributed by atoms with Gasteiger partial charge in [-0.25, -0.2) is 0 Å². The van der Waals surface area contributed by atoms with Gasteiger partial charge in [0.05, 0.1) is 21.2 Å². The van der Waals surface area contributed by atoms with Crippen LogP contribution in [0.3, 0.4) is 0 Å². The zero-order valence-corrected chi connectivity index (χ0v) is 23.9. The van der Waals surface area contributed by atoms with E-state index in [2.05, 4.69) is 6.92 Å². The van der Waals surface area contributed by atoms with Crippen molar-refractivity contribution in [1.29, 1.82) is 0 Å². The molecule has 1 aliphatic carbocycles. The number of rotatable bonds is 14. The highest BCUT2D eigenvalue weighted by Crippen LogP contribution is 2.37. The molecule has 0 aromatic heterocycles. The number of unbranched alkanes of at least 4 members (excludes halogenated alkanes) is 4. The molecule has 0 N–H and O–H groups in total. The maximum absolute atomic E-state index is 13.5. The van der Waals surface area contributed by atoms with E-state index in [-0.39, 0.29) is 47.1 Å². The second kappa shape index (κ2) is 14.2. The minimum Gasteiger partial charge on any atom is -0.367 e. The third-order valence-corrected chi connectivity index (χ3v) is 7.68. The number of halogens is 8. The minimum atomic E-state index is -4.96. The van der Waals surface area contributed by atoms with Crippen LogP contribution in [0.2, 0.25) is 10.0 Å². The van der Waals surface area contributed by atoms with Crippen molar-refractivity contribution in [2.75, 3.05) is 24.5 Å². The van der Waals surface area contributed by atoms with Gasteiger partial charge in [0, 0.05) is 38.3 Å². The zero-order chi connectivity index (χ0) is 29.5. The molecule has 3 rings (SSSR count).